The molecule has 1 N–H and O–H groups in total. The largest absolute Gasteiger partial charge is 0.497 e. The third-order valence-electron chi connectivity index (χ3n) is 6.25. The van der Waals surface area contributed by atoms with Crippen LogP contribution in [0.1, 0.15) is 32.4 Å². The van der Waals surface area contributed by atoms with Gasteiger partial charge in [0.2, 0.25) is 15.9 Å². The standard InChI is InChI=1S/C23H35N5O6S/c1-17-12-28(18(2)15-29)23(30)6-5-11-27-13-19(24-25-27)16-34-22(17)14-26(3)35(31,32)21-9-7-20(33-4)8-10-21/h7-10,13,17-18,22,29H,5-6,11-12,14-16H2,1-4H3/t17-,18-,22-/m0/s1. The number of likely N-dealkylation sites (N-methyl/N-ethyl adjacent to an activating group) is 1. The molecule has 2 aromatic rings. The number of nitrogens with zero attached hydrogens (tertiary/aromatic N) is 5. The molecule has 0 fully saturated rings. The van der Waals surface area contributed by atoms with E-state index in [0.717, 1.165) is 0 Å². The Morgan fingerprint density at radius 1 is 1.31 bits per heavy atom. The van der Waals surface area contributed by atoms with E-state index in [2.05, 4.69) is 10.3 Å². The van der Waals surface area contributed by atoms with Gasteiger partial charge in [0.15, 0.2) is 0 Å². The van der Waals surface area contributed by atoms with E-state index in [1.54, 1.807) is 34.8 Å². The average molecular weight is 510 g/mol. The molecule has 2 heterocycles. The molecule has 1 aromatic heterocycles. The van der Waals surface area contributed by atoms with Gasteiger partial charge in [0.05, 0.1) is 43.6 Å². The predicted molar refractivity (Wildman–Crippen MR) is 128 cm³/mol. The highest BCUT2D eigenvalue weighted by Gasteiger charge is 2.31. The molecule has 0 unspecified atom stereocenters. The van der Waals surface area contributed by atoms with Crippen molar-refractivity contribution < 1.29 is 27.8 Å². The van der Waals surface area contributed by atoms with E-state index >= 15 is 0 Å². The SMILES string of the molecule is COc1ccc(S(=O)(=O)N(C)C[C@@H]2OCc3cn(nn3)CCCC(=O)N([C@@H](C)CO)C[C@@H]2C)cc1. The zero-order valence-electron chi connectivity index (χ0n) is 20.7. The summed E-state index contributed by atoms with van der Waals surface area (Å²) in [4.78, 5) is 14.8. The van der Waals surface area contributed by atoms with Gasteiger partial charge in [-0.3, -0.25) is 9.48 Å². The summed E-state index contributed by atoms with van der Waals surface area (Å²) < 4.78 is 40.6. The molecule has 0 spiro atoms. The first-order valence-electron chi connectivity index (χ1n) is 11.7. The maximum atomic E-state index is 13.2. The van der Waals surface area contributed by atoms with Crippen molar-refractivity contribution in [1.82, 2.24) is 24.2 Å². The number of aryl methyl sites for hydroxylation is 1. The van der Waals surface area contributed by atoms with E-state index in [0.29, 0.717) is 37.4 Å². The smallest absolute Gasteiger partial charge is 0.242 e. The minimum atomic E-state index is -3.79. The Morgan fingerprint density at radius 3 is 2.69 bits per heavy atom. The van der Waals surface area contributed by atoms with Gasteiger partial charge in [0.1, 0.15) is 11.4 Å². The second-order valence-electron chi connectivity index (χ2n) is 8.94. The fourth-order valence-electron chi connectivity index (χ4n) is 3.97. The van der Waals surface area contributed by atoms with Gasteiger partial charge in [-0.05, 0) is 37.6 Å². The van der Waals surface area contributed by atoms with E-state index in [4.69, 9.17) is 9.47 Å². The summed E-state index contributed by atoms with van der Waals surface area (Å²) >= 11 is 0. The van der Waals surface area contributed by atoms with Gasteiger partial charge in [-0.15, -0.1) is 5.10 Å². The lowest BCUT2D eigenvalue weighted by Gasteiger charge is -2.35. The number of ether oxygens (including phenoxy) is 2. The number of aromatic nitrogens is 3. The van der Waals surface area contributed by atoms with Gasteiger partial charge in [-0.25, -0.2) is 8.42 Å². The molecule has 1 amide bonds. The van der Waals surface area contributed by atoms with Crippen molar-refractivity contribution >= 4 is 15.9 Å². The second-order valence-corrected chi connectivity index (χ2v) is 11.0. The molecule has 3 atom stereocenters. The highest BCUT2D eigenvalue weighted by molar-refractivity contribution is 7.89. The van der Waals surface area contributed by atoms with Crippen molar-refractivity contribution in [3.8, 4) is 5.75 Å². The summed E-state index contributed by atoms with van der Waals surface area (Å²) in [5.74, 6) is 0.266. The zero-order valence-corrected chi connectivity index (χ0v) is 21.5. The minimum Gasteiger partial charge on any atom is -0.497 e. The van der Waals surface area contributed by atoms with Crippen molar-refractivity contribution in [3.63, 3.8) is 0 Å². The van der Waals surface area contributed by atoms with Crippen LogP contribution in [-0.2, 0) is 32.7 Å². The number of amides is 1. The molecule has 194 valence electrons. The maximum absolute atomic E-state index is 13.2. The molecule has 2 bridgehead atoms. The number of rotatable bonds is 7. The Bertz CT molecular complexity index is 1070. The normalized spacial score (nSPS) is 21.2. The van der Waals surface area contributed by atoms with E-state index in [1.165, 1.54) is 30.6 Å². The van der Waals surface area contributed by atoms with Crippen LogP contribution in [0.3, 0.4) is 0 Å². The van der Waals surface area contributed by atoms with E-state index in [9.17, 15) is 18.3 Å². The number of aliphatic hydroxyl groups is 1. The quantitative estimate of drug-likeness (QED) is 0.589. The lowest BCUT2D eigenvalue weighted by molar-refractivity contribution is -0.136. The lowest BCUT2D eigenvalue weighted by atomic mass is 10.0. The fraction of sp³-hybridized carbons (Fsp3) is 0.609. The van der Waals surface area contributed by atoms with E-state index in [1.807, 2.05) is 6.92 Å². The first kappa shape index (κ1) is 27.1. The Labute approximate surface area is 206 Å². The van der Waals surface area contributed by atoms with Crippen LogP contribution in [0.2, 0.25) is 0 Å². The van der Waals surface area contributed by atoms with Crippen LogP contribution in [-0.4, -0.2) is 89.6 Å². The molecule has 12 heteroatoms. The Balaban J connectivity index is 1.84. The molecule has 0 radical (unpaired) electrons. The van der Waals surface area contributed by atoms with Crippen molar-refractivity contribution in [2.24, 2.45) is 5.92 Å². The third kappa shape index (κ3) is 6.78. The minimum absolute atomic E-state index is 0.0687. The number of carbonyl (C=O) groups excluding carboxylic acids is 1. The van der Waals surface area contributed by atoms with Crippen LogP contribution < -0.4 is 4.74 Å². The molecule has 35 heavy (non-hydrogen) atoms. The first-order valence-corrected chi connectivity index (χ1v) is 13.1. The average Bonchev–Trinajstić information content (AvgIpc) is 3.31. The summed E-state index contributed by atoms with van der Waals surface area (Å²) in [7, 11) is -0.762. The van der Waals surface area contributed by atoms with Gasteiger partial charge in [-0.2, -0.15) is 4.31 Å². The zero-order chi connectivity index (χ0) is 25.6. The van der Waals surface area contributed by atoms with Gasteiger partial charge < -0.3 is 19.5 Å². The van der Waals surface area contributed by atoms with Gasteiger partial charge >= 0.3 is 0 Å². The number of methoxy groups -OCH3 is 1. The third-order valence-corrected chi connectivity index (χ3v) is 8.09. The molecule has 3 rings (SSSR count). The second kappa shape index (κ2) is 11.9. The number of fused-ring (bicyclic) bond motifs is 2. The Hall–Kier alpha value is -2.54. The topological polar surface area (TPSA) is 127 Å². The number of hydrogen-bond donors (Lipinski definition) is 1. The van der Waals surface area contributed by atoms with Crippen LogP contribution in [0.5, 0.6) is 5.75 Å². The lowest BCUT2D eigenvalue weighted by Crippen LogP contribution is -2.47. The molecule has 0 saturated heterocycles. The number of aliphatic hydroxyl groups excluding tert-OH is 1. The highest BCUT2D eigenvalue weighted by Crippen LogP contribution is 2.22. The van der Waals surface area contributed by atoms with Crippen molar-refractivity contribution in [3.05, 3.63) is 36.2 Å². The van der Waals surface area contributed by atoms with Crippen LogP contribution in [0.15, 0.2) is 35.4 Å². The van der Waals surface area contributed by atoms with Gasteiger partial charge in [0.25, 0.3) is 0 Å². The van der Waals surface area contributed by atoms with Crippen LogP contribution in [0.25, 0.3) is 0 Å². The molecule has 1 aliphatic heterocycles. The van der Waals surface area contributed by atoms with E-state index < -0.39 is 16.1 Å². The van der Waals surface area contributed by atoms with Gasteiger partial charge in [-0.1, -0.05) is 12.1 Å². The van der Waals surface area contributed by atoms with Crippen LogP contribution >= 0.6 is 0 Å². The summed E-state index contributed by atoms with van der Waals surface area (Å²) in [6, 6.07) is 5.83. The summed E-state index contributed by atoms with van der Waals surface area (Å²) in [6.07, 6.45) is 2.14. The van der Waals surface area contributed by atoms with Crippen LogP contribution in [0, 0.1) is 5.92 Å². The van der Waals surface area contributed by atoms with Gasteiger partial charge in [0, 0.05) is 39.0 Å². The van der Waals surface area contributed by atoms with E-state index in [-0.39, 0.29) is 42.5 Å². The summed E-state index contributed by atoms with van der Waals surface area (Å²) in [5, 5.41) is 17.9. The maximum Gasteiger partial charge on any atom is 0.242 e. The number of sulfonamides is 1. The number of carbonyl (C=O) groups is 1. The molecule has 1 aliphatic rings. The molecular weight excluding hydrogens is 474 g/mol. The molecule has 1 aromatic carbocycles. The molecule has 0 aliphatic carbocycles. The Kier molecular flexibility index (Phi) is 9.22. The van der Waals surface area contributed by atoms with Crippen molar-refractivity contribution in [2.75, 3.05) is 33.9 Å². The predicted octanol–water partition coefficient (Wildman–Crippen LogP) is 1.13. The summed E-state index contributed by atoms with van der Waals surface area (Å²) in [6.45, 7) is 4.64. The first-order chi connectivity index (χ1) is 16.6. The van der Waals surface area contributed by atoms with Crippen molar-refractivity contribution in [1.29, 1.82) is 0 Å². The number of benzene rings is 1. The monoisotopic (exact) mass is 509 g/mol. The fourth-order valence-corrected chi connectivity index (χ4v) is 5.16. The number of hydrogen-bond acceptors (Lipinski definition) is 8. The molecule has 11 nitrogen and oxygen atoms in total. The summed E-state index contributed by atoms with van der Waals surface area (Å²) in [5.41, 5.74) is 0.633. The molecular formula is C23H35N5O6S. The molecule has 0 saturated carbocycles. The highest BCUT2D eigenvalue weighted by atomic mass is 32.2. The Morgan fingerprint density at radius 2 is 2.03 bits per heavy atom. The van der Waals surface area contributed by atoms with Crippen molar-refractivity contribution in [2.45, 2.75) is 56.9 Å². The van der Waals surface area contributed by atoms with Crippen LogP contribution in [0.4, 0.5) is 0 Å².